The molecule has 2 fully saturated rings. The van der Waals surface area contributed by atoms with Crippen molar-refractivity contribution in [1.82, 2.24) is 14.8 Å². The van der Waals surface area contributed by atoms with Gasteiger partial charge in [0.15, 0.2) is 0 Å². The molecule has 0 bridgehead atoms. The summed E-state index contributed by atoms with van der Waals surface area (Å²) in [6.07, 6.45) is 6.38. The fourth-order valence-corrected chi connectivity index (χ4v) is 5.49. The third kappa shape index (κ3) is 4.60. The van der Waals surface area contributed by atoms with E-state index in [1.807, 2.05) is 43.3 Å². The molecule has 2 aliphatic rings. The van der Waals surface area contributed by atoms with E-state index in [2.05, 4.69) is 33.0 Å². The summed E-state index contributed by atoms with van der Waals surface area (Å²) in [7, 11) is 0. The van der Waals surface area contributed by atoms with E-state index < -0.39 is 0 Å². The molecular weight excluding hydrogens is 410 g/mol. The second kappa shape index (κ2) is 9.52. The van der Waals surface area contributed by atoms with Gasteiger partial charge in [0.25, 0.3) is 5.91 Å². The Morgan fingerprint density at radius 1 is 0.939 bits per heavy atom. The first kappa shape index (κ1) is 21.9. The van der Waals surface area contributed by atoms with Crippen LogP contribution in [0.5, 0.6) is 5.75 Å². The molecule has 0 radical (unpaired) electrons. The molecule has 5 heteroatoms. The molecule has 1 amide bonds. The van der Waals surface area contributed by atoms with Gasteiger partial charge in [-0.1, -0.05) is 36.4 Å². The fourth-order valence-electron chi connectivity index (χ4n) is 5.49. The highest BCUT2D eigenvalue weighted by atomic mass is 16.5. The van der Waals surface area contributed by atoms with Gasteiger partial charge >= 0.3 is 0 Å². The van der Waals surface area contributed by atoms with E-state index in [0.717, 1.165) is 67.8 Å². The molecule has 2 saturated heterocycles. The zero-order valence-electron chi connectivity index (χ0n) is 19.5. The van der Waals surface area contributed by atoms with Gasteiger partial charge in [-0.05, 0) is 69.3 Å². The van der Waals surface area contributed by atoms with Crippen molar-refractivity contribution in [3.05, 3.63) is 71.9 Å². The van der Waals surface area contributed by atoms with Gasteiger partial charge in [-0.2, -0.15) is 0 Å². The SMILES string of the molecule is CCOc1ccccc1CN1CCC2(CC1)CCN(C(=O)c1ccnc3ccccc13)CC2. The van der Waals surface area contributed by atoms with Crippen molar-refractivity contribution in [2.45, 2.75) is 39.2 Å². The van der Waals surface area contributed by atoms with Gasteiger partial charge in [-0.3, -0.25) is 14.7 Å². The summed E-state index contributed by atoms with van der Waals surface area (Å²) < 4.78 is 5.82. The standard InChI is InChI=1S/C28H33N3O2/c1-2-33-26-10-6-3-7-22(26)21-30-17-12-28(13-18-30)14-19-31(20-15-28)27(32)24-11-16-29-25-9-5-4-8-23(24)25/h3-11,16H,2,12-15,17-21H2,1H3. The molecule has 5 rings (SSSR count). The number of aromatic nitrogens is 1. The zero-order chi connectivity index (χ0) is 22.7. The number of carbonyl (C=O) groups is 1. The molecule has 172 valence electrons. The Labute approximate surface area is 196 Å². The van der Waals surface area contributed by atoms with Crippen LogP contribution < -0.4 is 4.74 Å². The summed E-state index contributed by atoms with van der Waals surface area (Å²) in [4.78, 5) is 22.3. The number of rotatable bonds is 5. The van der Waals surface area contributed by atoms with Crippen LogP contribution in [0.15, 0.2) is 60.8 Å². The average Bonchev–Trinajstić information content (AvgIpc) is 2.87. The molecular formula is C28H33N3O2. The molecule has 0 N–H and O–H groups in total. The number of fused-ring (bicyclic) bond motifs is 1. The summed E-state index contributed by atoms with van der Waals surface area (Å²) in [5.41, 5.74) is 3.32. The molecule has 3 aromatic rings. The summed E-state index contributed by atoms with van der Waals surface area (Å²) in [6, 6.07) is 18.2. The Balaban J connectivity index is 1.18. The number of pyridine rings is 1. The summed E-state index contributed by atoms with van der Waals surface area (Å²) in [5, 5.41) is 0.950. The first-order chi connectivity index (χ1) is 16.2. The number of likely N-dealkylation sites (tertiary alicyclic amines) is 2. The Kier molecular flexibility index (Phi) is 6.32. The van der Waals surface area contributed by atoms with E-state index in [1.165, 1.54) is 18.4 Å². The van der Waals surface area contributed by atoms with Crippen LogP contribution in [0.1, 0.15) is 48.5 Å². The predicted octanol–water partition coefficient (Wildman–Crippen LogP) is 5.15. The van der Waals surface area contributed by atoms with Gasteiger partial charge in [0, 0.05) is 36.8 Å². The normalized spacial score (nSPS) is 18.5. The maximum absolute atomic E-state index is 13.3. The zero-order valence-corrected chi connectivity index (χ0v) is 19.5. The van der Waals surface area contributed by atoms with Crippen molar-refractivity contribution < 1.29 is 9.53 Å². The third-order valence-corrected chi connectivity index (χ3v) is 7.57. The molecule has 2 aromatic carbocycles. The van der Waals surface area contributed by atoms with Gasteiger partial charge < -0.3 is 9.64 Å². The van der Waals surface area contributed by atoms with Gasteiger partial charge in [0.1, 0.15) is 5.75 Å². The minimum atomic E-state index is 0.147. The first-order valence-electron chi connectivity index (χ1n) is 12.2. The predicted molar refractivity (Wildman–Crippen MR) is 131 cm³/mol. The van der Waals surface area contributed by atoms with Crippen LogP contribution in [0.4, 0.5) is 0 Å². The molecule has 2 aliphatic heterocycles. The summed E-state index contributed by atoms with van der Waals surface area (Å²) in [5.74, 6) is 1.16. The number of hydrogen-bond donors (Lipinski definition) is 0. The van der Waals surface area contributed by atoms with E-state index in [-0.39, 0.29) is 5.91 Å². The van der Waals surface area contributed by atoms with Crippen LogP contribution >= 0.6 is 0 Å². The lowest BCUT2D eigenvalue weighted by Crippen LogP contribution is -2.48. The number of para-hydroxylation sites is 2. The number of piperidine rings is 2. The summed E-state index contributed by atoms with van der Waals surface area (Å²) >= 11 is 0. The quantitative estimate of drug-likeness (QED) is 0.547. The molecule has 1 spiro atoms. The number of carbonyl (C=O) groups excluding carboxylic acids is 1. The van der Waals surface area contributed by atoms with E-state index in [0.29, 0.717) is 12.0 Å². The van der Waals surface area contributed by atoms with Crippen molar-refractivity contribution in [3.63, 3.8) is 0 Å². The average molecular weight is 444 g/mol. The third-order valence-electron chi connectivity index (χ3n) is 7.57. The maximum atomic E-state index is 13.3. The highest BCUT2D eigenvalue weighted by molar-refractivity contribution is 6.06. The largest absolute Gasteiger partial charge is 0.494 e. The van der Waals surface area contributed by atoms with Crippen LogP contribution in [0.2, 0.25) is 0 Å². The van der Waals surface area contributed by atoms with Crippen molar-refractivity contribution in [2.24, 2.45) is 5.41 Å². The molecule has 33 heavy (non-hydrogen) atoms. The Bertz CT molecular complexity index is 1110. The van der Waals surface area contributed by atoms with Crippen molar-refractivity contribution in [1.29, 1.82) is 0 Å². The number of ether oxygens (including phenoxy) is 1. The minimum Gasteiger partial charge on any atom is -0.494 e. The van der Waals surface area contributed by atoms with Crippen LogP contribution in [0.25, 0.3) is 10.9 Å². The van der Waals surface area contributed by atoms with Gasteiger partial charge in [-0.15, -0.1) is 0 Å². The van der Waals surface area contributed by atoms with Gasteiger partial charge in [-0.25, -0.2) is 0 Å². The van der Waals surface area contributed by atoms with Crippen LogP contribution in [-0.2, 0) is 6.54 Å². The molecule has 5 nitrogen and oxygen atoms in total. The lowest BCUT2D eigenvalue weighted by molar-refractivity contribution is 0.0284. The number of benzene rings is 2. The van der Waals surface area contributed by atoms with E-state index in [1.54, 1.807) is 6.20 Å². The Morgan fingerprint density at radius 2 is 1.64 bits per heavy atom. The van der Waals surface area contributed by atoms with E-state index in [4.69, 9.17) is 4.74 Å². The van der Waals surface area contributed by atoms with Crippen LogP contribution in [0, 0.1) is 5.41 Å². The van der Waals surface area contributed by atoms with Crippen LogP contribution in [-0.4, -0.2) is 53.5 Å². The van der Waals surface area contributed by atoms with Crippen LogP contribution in [0.3, 0.4) is 0 Å². The molecule has 1 aromatic heterocycles. The van der Waals surface area contributed by atoms with Gasteiger partial charge in [0.2, 0.25) is 0 Å². The van der Waals surface area contributed by atoms with Crippen molar-refractivity contribution in [2.75, 3.05) is 32.8 Å². The maximum Gasteiger partial charge on any atom is 0.254 e. The number of nitrogens with zero attached hydrogens (tertiary/aromatic N) is 3. The smallest absolute Gasteiger partial charge is 0.254 e. The number of amides is 1. The molecule has 0 atom stereocenters. The highest BCUT2D eigenvalue weighted by Gasteiger charge is 2.38. The van der Waals surface area contributed by atoms with Gasteiger partial charge in [0.05, 0.1) is 17.7 Å². The van der Waals surface area contributed by atoms with Crippen molar-refractivity contribution >= 4 is 16.8 Å². The fraction of sp³-hybridized carbons (Fsp3) is 0.429. The molecule has 0 aliphatic carbocycles. The molecule has 0 saturated carbocycles. The second-order valence-electron chi connectivity index (χ2n) is 9.48. The molecule has 0 unspecified atom stereocenters. The van der Waals surface area contributed by atoms with E-state index >= 15 is 0 Å². The minimum absolute atomic E-state index is 0.147. The molecule has 3 heterocycles. The number of hydrogen-bond acceptors (Lipinski definition) is 4. The highest BCUT2D eigenvalue weighted by Crippen LogP contribution is 2.42. The lowest BCUT2D eigenvalue weighted by atomic mass is 9.71. The second-order valence-corrected chi connectivity index (χ2v) is 9.48. The monoisotopic (exact) mass is 443 g/mol. The lowest BCUT2D eigenvalue weighted by Gasteiger charge is -2.47. The first-order valence-corrected chi connectivity index (χ1v) is 12.2. The van der Waals surface area contributed by atoms with Crippen molar-refractivity contribution in [3.8, 4) is 5.75 Å². The Morgan fingerprint density at radius 3 is 2.42 bits per heavy atom. The summed E-state index contributed by atoms with van der Waals surface area (Å²) in [6.45, 7) is 7.62. The Hall–Kier alpha value is -2.92. The topological polar surface area (TPSA) is 45.7 Å². The van der Waals surface area contributed by atoms with E-state index in [9.17, 15) is 4.79 Å².